The van der Waals surface area contributed by atoms with Crippen molar-refractivity contribution in [1.29, 1.82) is 0 Å². The molecule has 196 valence electrons. The predicted octanol–water partition coefficient (Wildman–Crippen LogP) is 3.57. The van der Waals surface area contributed by atoms with Crippen LogP contribution in [0.5, 0.6) is 11.5 Å². The molecule has 0 amide bonds. The van der Waals surface area contributed by atoms with Crippen molar-refractivity contribution in [2.24, 2.45) is 5.92 Å². The molecule has 2 aromatic heterocycles. The van der Waals surface area contributed by atoms with Gasteiger partial charge in [-0.15, -0.1) is 0 Å². The fourth-order valence-corrected chi connectivity index (χ4v) is 4.26. The summed E-state index contributed by atoms with van der Waals surface area (Å²) in [4.78, 5) is 20.8. The second-order valence-corrected chi connectivity index (χ2v) is 8.50. The Morgan fingerprint density at radius 1 is 1.22 bits per heavy atom. The highest BCUT2D eigenvalue weighted by atomic mass is 19.1. The van der Waals surface area contributed by atoms with E-state index in [1.807, 2.05) is 0 Å². The Morgan fingerprint density at radius 3 is 2.59 bits per heavy atom. The second kappa shape index (κ2) is 11.5. The molecule has 0 radical (unpaired) electrons. The molecule has 0 unspecified atom stereocenters. The zero-order chi connectivity index (χ0) is 26.5. The maximum atomic E-state index is 15.2. The van der Waals surface area contributed by atoms with Crippen LogP contribution in [-0.4, -0.2) is 67.5 Å². The Labute approximate surface area is 212 Å². The minimum Gasteiger partial charge on any atom is -0.494 e. The molecule has 37 heavy (non-hydrogen) atoms. The Hall–Kier alpha value is -3.83. The number of methoxy groups -OCH3 is 2. The summed E-state index contributed by atoms with van der Waals surface area (Å²) in [6, 6.07) is 4.25. The van der Waals surface area contributed by atoms with E-state index in [1.54, 1.807) is 12.3 Å². The SMILES string of the molecule is C=CC(=O)C[C@H]1COC[C@H]1Nc1cc2c(NCCO)nc(-c3c(F)c(OC)cc(OC)c3F)cc2cn1. The molecule has 0 spiro atoms. The normalized spacial score (nSPS) is 17.0. The van der Waals surface area contributed by atoms with E-state index in [2.05, 4.69) is 27.2 Å². The molecule has 3 N–H and O–H groups in total. The predicted molar refractivity (Wildman–Crippen MR) is 135 cm³/mol. The van der Waals surface area contributed by atoms with Gasteiger partial charge in [-0.3, -0.25) is 4.79 Å². The average Bonchev–Trinajstić information content (AvgIpc) is 3.33. The molecule has 9 nitrogen and oxygen atoms in total. The lowest BCUT2D eigenvalue weighted by Crippen LogP contribution is -2.29. The number of aromatic nitrogens is 2. The first-order valence-corrected chi connectivity index (χ1v) is 11.7. The smallest absolute Gasteiger partial charge is 0.177 e. The summed E-state index contributed by atoms with van der Waals surface area (Å²) in [6.07, 6.45) is 3.17. The zero-order valence-electron chi connectivity index (χ0n) is 20.5. The summed E-state index contributed by atoms with van der Waals surface area (Å²) >= 11 is 0. The Bertz CT molecular complexity index is 1290. The first-order valence-electron chi connectivity index (χ1n) is 11.7. The topological polar surface area (TPSA) is 115 Å². The summed E-state index contributed by atoms with van der Waals surface area (Å²) in [6.45, 7) is 4.36. The third kappa shape index (κ3) is 5.47. The number of allylic oxidation sites excluding steroid dienone is 1. The van der Waals surface area contributed by atoms with Crippen molar-refractivity contribution in [3.8, 4) is 22.8 Å². The van der Waals surface area contributed by atoms with Crippen LogP contribution in [0.3, 0.4) is 0 Å². The number of ether oxygens (including phenoxy) is 3. The number of rotatable bonds is 11. The minimum atomic E-state index is -0.923. The summed E-state index contributed by atoms with van der Waals surface area (Å²) in [5.74, 6) is -1.52. The van der Waals surface area contributed by atoms with Crippen LogP contribution in [0.2, 0.25) is 0 Å². The second-order valence-electron chi connectivity index (χ2n) is 8.50. The number of hydrogen-bond donors (Lipinski definition) is 3. The highest BCUT2D eigenvalue weighted by molar-refractivity contribution is 5.96. The monoisotopic (exact) mass is 514 g/mol. The molecule has 1 aromatic carbocycles. The molecule has 0 bridgehead atoms. The molecule has 3 aromatic rings. The number of pyridine rings is 2. The van der Waals surface area contributed by atoms with Crippen molar-refractivity contribution in [1.82, 2.24) is 9.97 Å². The molecule has 1 fully saturated rings. The summed E-state index contributed by atoms with van der Waals surface area (Å²) in [7, 11) is 2.54. The standard InChI is InChI=1S/C26H28F2N4O5/c1-4-16(34)7-15-12-37-13-19(15)31-22-9-17-14(11-30-22)8-18(32-26(17)29-5-6-33)23-24(27)20(35-2)10-21(36-3)25(23)28/h4,8-11,15,19,33H,1,5-7,12-13H2,2-3H3,(H,29,32)(H,30,31)/t15-,19+/m0/s1. The van der Waals surface area contributed by atoms with Crippen LogP contribution in [0.4, 0.5) is 20.4 Å². The molecule has 1 saturated heterocycles. The van der Waals surface area contributed by atoms with E-state index in [-0.39, 0.29) is 48.1 Å². The van der Waals surface area contributed by atoms with Gasteiger partial charge in [0.15, 0.2) is 28.9 Å². The number of hydrogen-bond acceptors (Lipinski definition) is 9. The number of nitrogens with zero attached hydrogens (tertiary/aromatic N) is 2. The lowest BCUT2D eigenvalue weighted by atomic mass is 9.97. The number of aliphatic hydroxyl groups excluding tert-OH is 1. The van der Waals surface area contributed by atoms with Gasteiger partial charge in [0.2, 0.25) is 0 Å². The van der Waals surface area contributed by atoms with Crippen molar-refractivity contribution >= 4 is 28.2 Å². The van der Waals surface area contributed by atoms with E-state index in [9.17, 15) is 9.90 Å². The van der Waals surface area contributed by atoms with Crippen LogP contribution < -0.4 is 20.1 Å². The van der Waals surface area contributed by atoms with Gasteiger partial charge in [-0.25, -0.2) is 18.7 Å². The lowest BCUT2D eigenvalue weighted by Gasteiger charge is -2.19. The highest BCUT2D eigenvalue weighted by Gasteiger charge is 2.30. The number of anilines is 2. The van der Waals surface area contributed by atoms with Crippen LogP contribution in [0.1, 0.15) is 6.42 Å². The lowest BCUT2D eigenvalue weighted by molar-refractivity contribution is -0.115. The van der Waals surface area contributed by atoms with Gasteiger partial charge < -0.3 is 30.0 Å². The quantitative estimate of drug-likeness (QED) is 0.330. The summed E-state index contributed by atoms with van der Waals surface area (Å²) in [5, 5.41) is 16.8. The fraction of sp³-hybridized carbons (Fsp3) is 0.346. The number of carbonyl (C=O) groups excluding carboxylic acids is 1. The number of carbonyl (C=O) groups is 1. The molecule has 1 aliphatic heterocycles. The Balaban J connectivity index is 1.76. The van der Waals surface area contributed by atoms with Crippen molar-refractivity contribution in [3.05, 3.63) is 48.7 Å². The first-order chi connectivity index (χ1) is 17.9. The maximum absolute atomic E-state index is 15.2. The van der Waals surface area contributed by atoms with Crippen molar-refractivity contribution < 1.29 is 32.9 Å². The number of ketones is 1. The number of fused-ring (bicyclic) bond motifs is 1. The average molecular weight is 515 g/mol. The van der Waals surface area contributed by atoms with Crippen LogP contribution in [0.25, 0.3) is 22.0 Å². The van der Waals surface area contributed by atoms with Crippen LogP contribution >= 0.6 is 0 Å². The van der Waals surface area contributed by atoms with E-state index >= 15 is 8.78 Å². The van der Waals surface area contributed by atoms with Gasteiger partial charge in [-0.1, -0.05) is 6.58 Å². The van der Waals surface area contributed by atoms with Gasteiger partial charge in [-0.2, -0.15) is 0 Å². The number of benzene rings is 1. The summed E-state index contributed by atoms with van der Waals surface area (Å²) in [5.41, 5.74) is -0.417. The van der Waals surface area contributed by atoms with Crippen molar-refractivity contribution in [3.63, 3.8) is 0 Å². The molecular formula is C26H28F2N4O5. The largest absolute Gasteiger partial charge is 0.494 e. The number of nitrogens with one attached hydrogen (secondary N) is 2. The van der Waals surface area contributed by atoms with Crippen LogP contribution in [0.15, 0.2) is 37.1 Å². The van der Waals surface area contributed by atoms with Crippen molar-refractivity contribution in [2.45, 2.75) is 12.5 Å². The fourth-order valence-electron chi connectivity index (χ4n) is 4.26. The number of halogens is 2. The minimum absolute atomic E-state index is 0.00477. The summed E-state index contributed by atoms with van der Waals surface area (Å²) < 4.78 is 46.0. The van der Waals surface area contributed by atoms with Gasteiger partial charge in [0.25, 0.3) is 0 Å². The van der Waals surface area contributed by atoms with E-state index in [0.29, 0.717) is 42.0 Å². The maximum Gasteiger partial charge on any atom is 0.177 e. The highest BCUT2D eigenvalue weighted by Crippen LogP contribution is 2.39. The molecular weight excluding hydrogens is 486 g/mol. The molecule has 0 aliphatic carbocycles. The Kier molecular flexibility index (Phi) is 8.14. The van der Waals surface area contributed by atoms with Crippen molar-refractivity contribution in [2.75, 3.05) is 51.2 Å². The zero-order valence-corrected chi connectivity index (χ0v) is 20.5. The van der Waals surface area contributed by atoms with Crippen LogP contribution in [-0.2, 0) is 9.53 Å². The van der Waals surface area contributed by atoms with E-state index in [4.69, 9.17) is 14.2 Å². The van der Waals surface area contributed by atoms with Gasteiger partial charge in [0.1, 0.15) is 11.6 Å². The van der Waals surface area contributed by atoms with E-state index < -0.39 is 17.2 Å². The molecule has 11 heteroatoms. The Morgan fingerprint density at radius 2 is 1.95 bits per heavy atom. The van der Waals surface area contributed by atoms with Crippen LogP contribution in [0, 0.1) is 17.6 Å². The third-order valence-corrected chi connectivity index (χ3v) is 6.17. The van der Waals surface area contributed by atoms with Gasteiger partial charge in [0.05, 0.1) is 51.3 Å². The first kappa shape index (κ1) is 26.2. The molecule has 3 heterocycles. The molecule has 0 saturated carbocycles. The van der Waals surface area contributed by atoms with Gasteiger partial charge >= 0.3 is 0 Å². The van der Waals surface area contributed by atoms with Gasteiger partial charge in [-0.05, 0) is 18.2 Å². The van der Waals surface area contributed by atoms with E-state index in [0.717, 1.165) is 6.07 Å². The van der Waals surface area contributed by atoms with Gasteiger partial charge in [0, 0.05) is 41.9 Å². The number of aliphatic hydroxyl groups is 1. The molecule has 1 aliphatic rings. The third-order valence-electron chi connectivity index (χ3n) is 6.17. The molecule has 2 atom stereocenters. The van der Waals surface area contributed by atoms with E-state index in [1.165, 1.54) is 26.4 Å². The molecule has 4 rings (SSSR count).